The van der Waals surface area contributed by atoms with Crippen molar-refractivity contribution in [2.75, 3.05) is 13.1 Å². The molecule has 0 bridgehead atoms. The van der Waals surface area contributed by atoms with Crippen LogP contribution in [0.1, 0.15) is 71.6 Å². The highest BCUT2D eigenvalue weighted by Gasteiger charge is 2.42. The topological polar surface area (TPSA) is 29.3 Å². The standard InChI is InChI=1S/C16H32N2/c1-3-4-5-6-11-16(2,13-17)18(15-9-10-15)12-14-7-8-14/h14-15H,3-13,17H2,1-2H3. The van der Waals surface area contributed by atoms with Gasteiger partial charge in [-0.3, -0.25) is 4.90 Å². The van der Waals surface area contributed by atoms with E-state index in [0.29, 0.717) is 0 Å². The van der Waals surface area contributed by atoms with E-state index < -0.39 is 0 Å². The molecule has 0 radical (unpaired) electrons. The SMILES string of the molecule is CCCCCCC(C)(CN)N(CC1CC1)C1CC1. The van der Waals surface area contributed by atoms with Crippen molar-refractivity contribution in [2.45, 2.75) is 83.2 Å². The molecule has 0 aliphatic heterocycles. The molecular formula is C16H32N2. The number of rotatable bonds is 10. The van der Waals surface area contributed by atoms with Crippen LogP contribution in [-0.4, -0.2) is 29.6 Å². The third-order valence-electron chi connectivity index (χ3n) is 4.84. The normalized spacial score (nSPS) is 23.3. The summed E-state index contributed by atoms with van der Waals surface area (Å²) in [5.74, 6) is 0.993. The maximum absolute atomic E-state index is 6.14. The summed E-state index contributed by atoms with van der Waals surface area (Å²) < 4.78 is 0. The smallest absolute Gasteiger partial charge is 0.0306 e. The predicted molar refractivity (Wildman–Crippen MR) is 78.7 cm³/mol. The molecule has 1 atom stereocenters. The van der Waals surface area contributed by atoms with Gasteiger partial charge in [0.1, 0.15) is 0 Å². The molecule has 0 aromatic heterocycles. The van der Waals surface area contributed by atoms with Gasteiger partial charge >= 0.3 is 0 Å². The van der Waals surface area contributed by atoms with Gasteiger partial charge in [-0.05, 0) is 44.9 Å². The van der Waals surface area contributed by atoms with Crippen molar-refractivity contribution in [1.82, 2.24) is 4.90 Å². The monoisotopic (exact) mass is 252 g/mol. The second-order valence-corrected chi connectivity index (χ2v) is 6.84. The third-order valence-corrected chi connectivity index (χ3v) is 4.84. The highest BCUT2D eigenvalue weighted by Crippen LogP contribution is 2.40. The number of hydrogen-bond acceptors (Lipinski definition) is 2. The molecule has 2 heteroatoms. The van der Waals surface area contributed by atoms with Crippen LogP contribution in [0.2, 0.25) is 0 Å². The van der Waals surface area contributed by atoms with E-state index in [2.05, 4.69) is 18.7 Å². The largest absolute Gasteiger partial charge is 0.329 e. The number of hydrogen-bond donors (Lipinski definition) is 1. The zero-order valence-corrected chi connectivity index (χ0v) is 12.5. The van der Waals surface area contributed by atoms with E-state index in [1.54, 1.807) is 0 Å². The Morgan fingerprint density at radius 2 is 1.83 bits per heavy atom. The molecular weight excluding hydrogens is 220 g/mol. The fourth-order valence-electron chi connectivity index (χ4n) is 3.07. The Hall–Kier alpha value is -0.0800. The summed E-state index contributed by atoms with van der Waals surface area (Å²) >= 11 is 0. The summed E-state index contributed by atoms with van der Waals surface area (Å²) in [5, 5.41) is 0. The van der Waals surface area contributed by atoms with Gasteiger partial charge in [0.05, 0.1) is 0 Å². The van der Waals surface area contributed by atoms with Crippen LogP contribution in [0.25, 0.3) is 0 Å². The molecule has 2 aliphatic rings. The van der Waals surface area contributed by atoms with Crippen molar-refractivity contribution in [2.24, 2.45) is 11.7 Å². The zero-order chi connectivity index (χ0) is 13.0. The molecule has 2 fully saturated rings. The Labute approximate surface area is 113 Å². The third kappa shape index (κ3) is 3.96. The Balaban J connectivity index is 1.84. The van der Waals surface area contributed by atoms with E-state index in [-0.39, 0.29) is 5.54 Å². The Kier molecular flexibility index (Phi) is 5.08. The van der Waals surface area contributed by atoms with Crippen molar-refractivity contribution in [1.29, 1.82) is 0 Å². The lowest BCUT2D eigenvalue weighted by atomic mass is 9.91. The van der Waals surface area contributed by atoms with E-state index in [4.69, 9.17) is 5.73 Å². The molecule has 0 spiro atoms. The molecule has 0 aromatic carbocycles. The summed E-state index contributed by atoms with van der Waals surface area (Å²) in [7, 11) is 0. The van der Waals surface area contributed by atoms with E-state index in [1.807, 2.05) is 0 Å². The lowest BCUT2D eigenvalue weighted by Gasteiger charge is -2.41. The minimum atomic E-state index is 0.275. The molecule has 2 nitrogen and oxygen atoms in total. The van der Waals surface area contributed by atoms with E-state index in [0.717, 1.165) is 18.5 Å². The quantitative estimate of drug-likeness (QED) is 0.603. The second kappa shape index (κ2) is 6.38. The number of nitrogens with zero attached hydrogens (tertiary/aromatic N) is 1. The lowest BCUT2D eigenvalue weighted by Crippen LogP contribution is -2.53. The molecule has 106 valence electrons. The van der Waals surface area contributed by atoms with Crippen molar-refractivity contribution in [3.63, 3.8) is 0 Å². The number of unbranched alkanes of at least 4 members (excludes halogenated alkanes) is 3. The van der Waals surface area contributed by atoms with Gasteiger partial charge in [-0.2, -0.15) is 0 Å². The maximum Gasteiger partial charge on any atom is 0.0306 e. The molecule has 0 amide bonds. The Morgan fingerprint density at radius 3 is 2.33 bits per heavy atom. The van der Waals surface area contributed by atoms with Crippen molar-refractivity contribution >= 4 is 0 Å². The van der Waals surface area contributed by atoms with Crippen LogP contribution >= 0.6 is 0 Å². The van der Waals surface area contributed by atoms with Gasteiger partial charge in [0.15, 0.2) is 0 Å². The Morgan fingerprint density at radius 1 is 1.11 bits per heavy atom. The molecule has 2 aliphatic carbocycles. The summed E-state index contributed by atoms with van der Waals surface area (Å²) in [4.78, 5) is 2.79. The first-order valence-corrected chi connectivity index (χ1v) is 8.16. The van der Waals surface area contributed by atoms with Crippen molar-refractivity contribution < 1.29 is 0 Å². The molecule has 2 saturated carbocycles. The number of nitrogens with two attached hydrogens (primary N) is 1. The maximum atomic E-state index is 6.14. The average molecular weight is 252 g/mol. The lowest BCUT2D eigenvalue weighted by molar-refractivity contribution is 0.0838. The minimum Gasteiger partial charge on any atom is -0.329 e. The highest BCUT2D eigenvalue weighted by molar-refractivity contribution is 4.98. The molecule has 2 N–H and O–H groups in total. The van der Waals surface area contributed by atoms with Crippen LogP contribution in [0, 0.1) is 5.92 Å². The van der Waals surface area contributed by atoms with Crippen LogP contribution < -0.4 is 5.73 Å². The van der Waals surface area contributed by atoms with E-state index in [9.17, 15) is 0 Å². The Bertz CT molecular complexity index is 245. The average Bonchev–Trinajstić information content (AvgIpc) is 3.24. The van der Waals surface area contributed by atoms with Gasteiger partial charge in [0.2, 0.25) is 0 Å². The van der Waals surface area contributed by atoms with Crippen LogP contribution in [0.15, 0.2) is 0 Å². The van der Waals surface area contributed by atoms with E-state index >= 15 is 0 Å². The first-order valence-electron chi connectivity index (χ1n) is 8.16. The van der Waals surface area contributed by atoms with Crippen LogP contribution in [-0.2, 0) is 0 Å². The van der Waals surface area contributed by atoms with Crippen LogP contribution in [0.3, 0.4) is 0 Å². The van der Waals surface area contributed by atoms with Crippen molar-refractivity contribution in [3.05, 3.63) is 0 Å². The van der Waals surface area contributed by atoms with Gasteiger partial charge in [0.25, 0.3) is 0 Å². The predicted octanol–water partition coefficient (Wildman–Crippen LogP) is 3.55. The molecule has 1 unspecified atom stereocenters. The fraction of sp³-hybridized carbons (Fsp3) is 1.00. The molecule has 0 aromatic rings. The minimum absolute atomic E-state index is 0.275. The van der Waals surface area contributed by atoms with Gasteiger partial charge in [-0.25, -0.2) is 0 Å². The van der Waals surface area contributed by atoms with E-state index in [1.165, 1.54) is 64.3 Å². The van der Waals surface area contributed by atoms with Gasteiger partial charge < -0.3 is 5.73 Å². The summed E-state index contributed by atoms with van der Waals surface area (Å²) in [6, 6.07) is 0.866. The van der Waals surface area contributed by atoms with Crippen LogP contribution in [0.4, 0.5) is 0 Å². The summed E-state index contributed by atoms with van der Waals surface area (Å²) in [6.07, 6.45) is 12.5. The van der Waals surface area contributed by atoms with Gasteiger partial charge in [-0.1, -0.05) is 32.6 Å². The first kappa shape index (κ1) is 14.3. The molecule has 0 saturated heterocycles. The molecule has 2 rings (SSSR count). The van der Waals surface area contributed by atoms with Gasteiger partial charge in [0, 0.05) is 24.7 Å². The summed E-state index contributed by atoms with van der Waals surface area (Å²) in [5.41, 5.74) is 6.42. The molecule has 0 heterocycles. The second-order valence-electron chi connectivity index (χ2n) is 6.84. The molecule has 18 heavy (non-hydrogen) atoms. The van der Waals surface area contributed by atoms with Crippen molar-refractivity contribution in [3.8, 4) is 0 Å². The van der Waals surface area contributed by atoms with Crippen LogP contribution in [0.5, 0.6) is 0 Å². The highest BCUT2D eigenvalue weighted by atomic mass is 15.3. The zero-order valence-electron chi connectivity index (χ0n) is 12.5. The van der Waals surface area contributed by atoms with Gasteiger partial charge in [-0.15, -0.1) is 0 Å². The summed E-state index contributed by atoms with van der Waals surface area (Å²) in [6.45, 7) is 6.86. The first-order chi connectivity index (χ1) is 8.69. The fourth-order valence-corrected chi connectivity index (χ4v) is 3.07.